The van der Waals surface area contributed by atoms with Crippen LogP contribution in [0.1, 0.15) is 19.3 Å². The van der Waals surface area contributed by atoms with E-state index in [9.17, 15) is 4.79 Å². The highest BCUT2D eigenvalue weighted by Crippen LogP contribution is 2.30. The fourth-order valence-corrected chi connectivity index (χ4v) is 4.06. The first-order chi connectivity index (χ1) is 13.7. The number of hydrogen-bond donors (Lipinski definition) is 1. The third-order valence-electron chi connectivity index (χ3n) is 5.47. The number of unbranched alkanes of at least 4 members (excludes halogenated alkanes) is 1. The molecule has 1 N–H and O–H groups in total. The van der Waals surface area contributed by atoms with Gasteiger partial charge in [-0.1, -0.05) is 29.8 Å². The highest BCUT2D eigenvalue weighted by Gasteiger charge is 2.27. The second kappa shape index (κ2) is 8.84. The number of nitrogens with one attached hydrogen (secondary N) is 1. The maximum Gasteiger partial charge on any atom is 0.334 e. The van der Waals surface area contributed by atoms with E-state index in [0.29, 0.717) is 5.75 Å². The Morgan fingerprint density at radius 2 is 1.86 bits per heavy atom. The van der Waals surface area contributed by atoms with E-state index in [-0.39, 0.29) is 12.0 Å². The average Bonchev–Trinajstić information content (AvgIpc) is 2.72. The first-order valence-corrected chi connectivity index (χ1v) is 10.4. The lowest BCUT2D eigenvalue weighted by atomic mass is 10.1. The molecule has 28 heavy (non-hydrogen) atoms. The molecule has 2 aromatic rings. The number of anilines is 2. The largest absolute Gasteiger partial charge is 0.423 e. The molecular formula is C22H26ClN3O2. The van der Waals surface area contributed by atoms with Crippen LogP contribution in [0.15, 0.2) is 48.5 Å². The maximum absolute atomic E-state index is 12.1. The van der Waals surface area contributed by atoms with E-state index >= 15 is 0 Å². The monoisotopic (exact) mass is 399 g/mol. The second-order valence-corrected chi connectivity index (χ2v) is 7.85. The van der Waals surface area contributed by atoms with E-state index in [1.54, 1.807) is 0 Å². The lowest BCUT2D eigenvalue weighted by Crippen LogP contribution is -2.46. The summed E-state index contributed by atoms with van der Waals surface area (Å²) >= 11 is 6.10. The average molecular weight is 400 g/mol. The van der Waals surface area contributed by atoms with Crippen LogP contribution in [0.25, 0.3) is 0 Å². The minimum absolute atomic E-state index is 0.172. The van der Waals surface area contributed by atoms with Gasteiger partial charge in [0.25, 0.3) is 0 Å². The zero-order valence-corrected chi connectivity index (χ0v) is 16.7. The van der Waals surface area contributed by atoms with Gasteiger partial charge in [-0.25, -0.2) is 4.79 Å². The molecule has 1 fully saturated rings. The molecule has 4 rings (SSSR count). The number of carbonyl (C=O) groups is 1. The number of rotatable bonds is 6. The Balaban J connectivity index is 1.17. The number of hydrogen-bond acceptors (Lipinski definition) is 5. The van der Waals surface area contributed by atoms with Gasteiger partial charge in [0.15, 0.2) is 5.75 Å². The molecule has 0 aliphatic carbocycles. The van der Waals surface area contributed by atoms with E-state index in [4.69, 9.17) is 16.3 Å². The molecule has 148 valence electrons. The van der Waals surface area contributed by atoms with Crippen LogP contribution in [0.3, 0.4) is 0 Å². The maximum atomic E-state index is 12.1. The number of para-hydroxylation sites is 2. The molecule has 2 heterocycles. The summed E-state index contributed by atoms with van der Waals surface area (Å²) in [5.74, 6) is 0.454. The molecule has 6 heteroatoms. The number of carbonyl (C=O) groups excluding carboxylic acids is 1. The zero-order valence-electron chi connectivity index (χ0n) is 15.9. The van der Waals surface area contributed by atoms with Gasteiger partial charge in [-0.15, -0.1) is 0 Å². The molecule has 0 bridgehead atoms. The number of halogens is 1. The topological polar surface area (TPSA) is 44.8 Å². The van der Waals surface area contributed by atoms with Crippen LogP contribution in [0.2, 0.25) is 5.02 Å². The van der Waals surface area contributed by atoms with Gasteiger partial charge in [0, 0.05) is 36.9 Å². The Morgan fingerprint density at radius 1 is 1.04 bits per heavy atom. The minimum atomic E-state index is -0.241. The lowest BCUT2D eigenvalue weighted by molar-refractivity contribution is -0.136. The number of ether oxygens (including phenoxy) is 1. The third kappa shape index (κ3) is 4.59. The van der Waals surface area contributed by atoms with Crippen molar-refractivity contribution in [2.75, 3.05) is 42.9 Å². The van der Waals surface area contributed by atoms with Crippen molar-refractivity contribution in [3.63, 3.8) is 0 Å². The van der Waals surface area contributed by atoms with Crippen LogP contribution in [0, 0.1) is 0 Å². The molecule has 0 aromatic heterocycles. The van der Waals surface area contributed by atoms with Gasteiger partial charge < -0.3 is 15.0 Å². The molecule has 0 amide bonds. The summed E-state index contributed by atoms with van der Waals surface area (Å²) in [7, 11) is 0. The van der Waals surface area contributed by atoms with Crippen LogP contribution >= 0.6 is 11.6 Å². The summed E-state index contributed by atoms with van der Waals surface area (Å²) in [5, 5.41) is 4.10. The van der Waals surface area contributed by atoms with Crippen molar-refractivity contribution in [3.05, 3.63) is 53.6 Å². The van der Waals surface area contributed by atoms with Gasteiger partial charge in [0.05, 0.1) is 5.69 Å². The van der Waals surface area contributed by atoms with Crippen molar-refractivity contribution in [3.8, 4) is 5.75 Å². The predicted octanol–water partition coefficient (Wildman–Crippen LogP) is 4.03. The molecule has 2 aliphatic rings. The fourth-order valence-electron chi connectivity index (χ4n) is 3.88. The number of esters is 1. The third-order valence-corrected chi connectivity index (χ3v) is 5.71. The highest BCUT2D eigenvalue weighted by molar-refractivity contribution is 6.30. The first kappa shape index (κ1) is 19.1. The number of nitrogens with zero attached hydrogens (tertiary/aromatic N) is 2. The van der Waals surface area contributed by atoms with Crippen molar-refractivity contribution in [2.45, 2.75) is 25.3 Å². The normalized spacial score (nSPS) is 19.7. The Morgan fingerprint density at radius 3 is 2.68 bits per heavy atom. The van der Waals surface area contributed by atoms with Crippen molar-refractivity contribution in [1.82, 2.24) is 4.90 Å². The first-order valence-electron chi connectivity index (χ1n) is 9.99. The SMILES string of the molecule is O=C1Oc2ccccc2NC1CCCCN1CCN(c2cccc(Cl)c2)CC1. The van der Waals surface area contributed by atoms with Crippen molar-refractivity contribution >= 4 is 28.9 Å². The molecule has 1 atom stereocenters. The highest BCUT2D eigenvalue weighted by atomic mass is 35.5. The van der Waals surface area contributed by atoms with Crippen LogP contribution in [-0.2, 0) is 4.79 Å². The van der Waals surface area contributed by atoms with Gasteiger partial charge in [0.1, 0.15) is 6.04 Å². The summed E-state index contributed by atoms with van der Waals surface area (Å²) in [6.07, 6.45) is 2.89. The van der Waals surface area contributed by atoms with E-state index in [0.717, 1.165) is 62.7 Å². The van der Waals surface area contributed by atoms with Crippen molar-refractivity contribution < 1.29 is 9.53 Å². The smallest absolute Gasteiger partial charge is 0.334 e. The van der Waals surface area contributed by atoms with E-state index in [1.165, 1.54) is 5.69 Å². The van der Waals surface area contributed by atoms with E-state index in [1.807, 2.05) is 42.5 Å². The van der Waals surface area contributed by atoms with E-state index < -0.39 is 0 Å². The Kier molecular flexibility index (Phi) is 6.03. The van der Waals surface area contributed by atoms with Gasteiger partial charge in [0.2, 0.25) is 0 Å². The molecule has 1 saturated heterocycles. The van der Waals surface area contributed by atoms with Crippen molar-refractivity contribution in [1.29, 1.82) is 0 Å². The van der Waals surface area contributed by atoms with Crippen LogP contribution in [0.4, 0.5) is 11.4 Å². The van der Waals surface area contributed by atoms with Gasteiger partial charge in [-0.05, 0) is 56.1 Å². The Bertz CT molecular complexity index is 821. The van der Waals surface area contributed by atoms with E-state index in [2.05, 4.69) is 21.2 Å². The molecule has 0 spiro atoms. The fraction of sp³-hybridized carbons (Fsp3) is 0.409. The van der Waals surface area contributed by atoms with Crippen LogP contribution in [0.5, 0.6) is 5.75 Å². The molecule has 1 unspecified atom stereocenters. The Hall–Kier alpha value is -2.24. The lowest BCUT2D eigenvalue weighted by Gasteiger charge is -2.36. The summed E-state index contributed by atoms with van der Waals surface area (Å²) in [5.41, 5.74) is 2.11. The summed E-state index contributed by atoms with van der Waals surface area (Å²) in [6, 6.07) is 15.4. The number of piperazine rings is 1. The predicted molar refractivity (Wildman–Crippen MR) is 113 cm³/mol. The standard InChI is InChI=1S/C22H26ClN3O2/c23-17-6-5-7-18(16-17)26-14-12-25(13-15-26)11-4-3-9-20-22(27)28-21-10-2-1-8-19(21)24-20/h1-2,5-8,10,16,20,24H,3-4,9,11-15H2. The quantitative estimate of drug-likeness (QED) is 0.451. The van der Waals surface area contributed by atoms with Gasteiger partial charge >= 0.3 is 5.97 Å². The molecule has 5 nitrogen and oxygen atoms in total. The number of fused-ring (bicyclic) bond motifs is 1. The van der Waals surface area contributed by atoms with Crippen LogP contribution < -0.4 is 15.0 Å². The van der Waals surface area contributed by atoms with Gasteiger partial charge in [-0.2, -0.15) is 0 Å². The molecule has 2 aliphatic heterocycles. The second-order valence-electron chi connectivity index (χ2n) is 7.42. The summed E-state index contributed by atoms with van der Waals surface area (Å²) < 4.78 is 5.43. The molecular weight excluding hydrogens is 374 g/mol. The summed E-state index contributed by atoms with van der Waals surface area (Å²) in [4.78, 5) is 17.0. The zero-order chi connectivity index (χ0) is 19.3. The molecule has 0 saturated carbocycles. The molecule has 0 radical (unpaired) electrons. The van der Waals surface area contributed by atoms with Gasteiger partial charge in [-0.3, -0.25) is 4.90 Å². The van der Waals surface area contributed by atoms with Crippen LogP contribution in [-0.4, -0.2) is 49.6 Å². The minimum Gasteiger partial charge on any atom is -0.423 e. The Labute approximate surface area is 171 Å². The van der Waals surface area contributed by atoms with Crippen molar-refractivity contribution in [2.24, 2.45) is 0 Å². The molecule has 2 aromatic carbocycles. The number of benzene rings is 2. The summed E-state index contributed by atoms with van der Waals surface area (Å²) in [6.45, 7) is 5.23.